The predicted molar refractivity (Wildman–Crippen MR) is 149 cm³/mol. The van der Waals surface area contributed by atoms with Gasteiger partial charge in [-0.2, -0.15) is 0 Å². The molecule has 0 spiro atoms. The Morgan fingerprint density at radius 2 is 1.19 bits per heavy atom. The van der Waals surface area contributed by atoms with Gasteiger partial charge < -0.3 is 10.1 Å². The summed E-state index contributed by atoms with van der Waals surface area (Å²) in [5.74, 6) is -0.133. The van der Waals surface area contributed by atoms with E-state index >= 15 is 0 Å². The number of rotatable bonds is 11. The monoisotopic (exact) mass is 489 g/mol. The van der Waals surface area contributed by atoms with Crippen LogP contribution < -0.4 is 10.1 Å². The van der Waals surface area contributed by atoms with Crippen molar-refractivity contribution >= 4 is 22.8 Å². The van der Waals surface area contributed by atoms with Crippen molar-refractivity contribution in [2.75, 3.05) is 7.11 Å². The van der Waals surface area contributed by atoms with Crippen LogP contribution in [0.2, 0.25) is 0 Å². The van der Waals surface area contributed by atoms with E-state index in [1.54, 1.807) is 7.11 Å². The molecule has 0 heterocycles. The van der Waals surface area contributed by atoms with Crippen molar-refractivity contribution in [1.82, 2.24) is 5.32 Å². The van der Waals surface area contributed by atoms with Crippen molar-refractivity contribution in [2.45, 2.75) is 25.8 Å². The van der Waals surface area contributed by atoms with Crippen LogP contribution in [0, 0.1) is 0 Å². The van der Waals surface area contributed by atoms with Crippen LogP contribution in [0.3, 0.4) is 0 Å². The molecule has 1 N–H and O–H groups in total. The highest BCUT2D eigenvalue weighted by molar-refractivity contribution is 6.36. The molecule has 0 saturated carbocycles. The fraction of sp³-hybridized carbons (Fsp3) is 0.152. The number of amides is 1. The molecule has 186 valence electrons. The number of hydrogen-bond acceptors (Lipinski definition) is 3. The fourth-order valence-electron chi connectivity index (χ4n) is 4.35. The first kappa shape index (κ1) is 25.6. The molecule has 0 radical (unpaired) electrons. The third-order valence-electron chi connectivity index (χ3n) is 6.24. The number of methoxy groups -OCH3 is 1. The van der Waals surface area contributed by atoms with Gasteiger partial charge in [0, 0.05) is 13.0 Å². The molecule has 0 fully saturated rings. The summed E-state index contributed by atoms with van der Waals surface area (Å²) in [6.07, 6.45) is 1.40. The van der Waals surface area contributed by atoms with E-state index in [4.69, 9.17) is 4.74 Å². The molecular weight excluding hydrogens is 458 g/mol. The highest BCUT2D eigenvalue weighted by Crippen LogP contribution is 2.36. The van der Waals surface area contributed by atoms with Gasteiger partial charge in [0.15, 0.2) is 0 Å². The van der Waals surface area contributed by atoms with Crippen LogP contribution in [0.15, 0.2) is 115 Å². The second-order valence-corrected chi connectivity index (χ2v) is 8.76. The first-order chi connectivity index (χ1) is 18.2. The number of nitrogens with one attached hydrogen (secondary N) is 1. The highest BCUT2D eigenvalue weighted by atomic mass is 16.5. The van der Waals surface area contributed by atoms with E-state index in [1.165, 1.54) is 0 Å². The second-order valence-electron chi connectivity index (χ2n) is 8.76. The Kier molecular flexibility index (Phi) is 9.03. The third-order valence-corrected chi connectivity index (χ3v) is 6.24. The number of allylic oxidation sites excluding steroid dienone is 1. The highest BCUT2D eigenvalue weighted by Gasteiger charge is 2.17. The minimum Gasteiger partial charge on any atom is -0.497 e. The summed E-state index contributed by atoms with van der Waals surface area (Å²) in [7, 11) is 1.66. The molecule has 4 aromatic carbocycles. The lowest BCUT2D eigenvalue weighted by Crippen LogP contribution is -2.30. The molecule has 37 heavy (non-hydrogen) atoms. The van der Waals surface area contributed by atoms with Crippen LogP contribution in [-0.2, 0) is 16.1 Å². The quantitative estimate of drug-likeness (QED) is 0.188. The van der Waals surface area contributed by atoms with Crippen LogP contribution >= 0.6 is 0 Å². The maximum atomic E-state index is 12.6. The van der Waals surface area contributed by atoms with E-state index in [9.17, 15) is 9.59 Å². The van der Waals surface area contributed by atoms with Gasteiger partial charge >= 0.3 is 0 Å². The summed E-state index contributed by atoms with van der Waals surface area (Å²) < 4.78 is 5.37. The minimum atomic E-state index is -0.535. The summed E-state index contributed by atoms with van der Waals surface area (Å²) in [5, 5.41) is 2.74. The third kappa shape index (κ3) is 7.05. The van der Waals surface area contributed by atoms with Crippen molar-refractivity contribution in [3.05, 3.63) is 138 Å². The molecule has 0 unspecified atom stereocenters. The standard InChI is InChI=1S/C33H31NO3/c1-37-29-22-20-28(21-23-29)32(27-16-9-4-10-17-27)30(26-14-7-3-8-15-26)18-11-19-31(35)33(36)34-24-25-12-5-2-6-13-25/h2-10,12-17,20-23H,11,18-19,24H2,1H3,(H,34,36)/b32-30-. The Morgan fingerprint density at radius 3 is 1.78 bits per heavy atom. The van der Waals surface area contributed by atoms with E-state index in [1.807, 2.05) is 78.9 Å². The molecule has 1 amide bonds. The van der Waals surface area contributed by atoms with Gasteiger partial charge in [0.25, 0.3) is 5.91 Å². The van der Waals surface area contributed by atoms with E-state index in [0.717, 1.165) is 39.1 Å². The van der Waals surface area contributed by atoms with Crippen molar-refractivity contribution in [2.24, 2.45) is 0 Å². The van der Waals surface area contributed by atoms with Crippen molar-refractivity contribution < 1.29 is 14.3 Å². The van der Waals surface area contributed by atoms with Crippen molar-refractivity contribution in [3.63, 3.8) is 0 Å². The molecule has 0 atom stereocenters. The number of carbonyl (C=O) groups excluding carboxylic acids is 2. The van der Waals surface area contributed by atoms with E-state index < -0.39 is 11.7 Å². The summed E-state index contributed by atoms with van der Waals surface area (Å²) >= 11 is 0. The molecule has 4 nitrogen and oxygen atoms in total. The minimum absolute atomic E-state index is 0.182. The number of hydrogen-bond donors (Lipinski definition) is 1. The molecule has 0 aliphatic heterocycles. The zero-order chi connectivity index (χ0) is 25.9. The van der Waals surface area contributed by atoms with Crippen LogP contribution in [0.1, 0.15) is 41.5 Å². The SMILES string of the molecule is COc1ccc(/C(=C(/CCCC(=O)C(=O)NCc2ccccc2)c2ccccc2)c2ccccc2)cc1. The first-order valence-corrected chi connectivity index (χ1v) is 12.5. The van der Waals surface area contributed by atoms with Gasteiger partial charge in [-0.1, -0.05) is 103 Å². The molecule has 0 aromatic heterocycles. The lowest BCUT2D eigenvalue weighted by atomic mass is 9.87. The fourth-order valence-corrected chi connectivity index (χ4v) is 4.35. The number of benzene rings is 4. The predicted octanol–water partition coefficient (Wildman–Crippen LogP) is 6.71. The second kappa shape index (κ2) is 13.0. The first-order valence-electron chi connectivity index (χ1n) is 12.5. The zero-order valence-electron chi connectivity index (χ0n) is 21.0. The van der Waals surface area contributed by atoms with Crippen molar-refractivity contribution in [3.8, 4) is 5.75 Å². The normalized spacial score (nSPS) is 11.4. The van der Waals surface area contributed by atoms with Gasteiger partial charge in [-0.15, -0.1) is 0 Å². The van der Waals surface area contributed by atoms with Crippen LogP contribution in [0.4, 0.5) is 0 Å². The Labute approximate surface area is 218 Å². The van der Waals surface area contributed by atoms with Gasteiger partial charge in [0.05, 0.1) is 7.11 Å². The Hall–Kier alpha value is -4.44. The molecule has 0 bridgehead atoms. The molecule has 4 heteroatoms. The summed E-state index contributed by atoms with van der Waals surface area (Å²) in [4.78, 5) is 25.0. The average Bonchev–Trinajstić information content (AvgIpc) is 2.97. The van der Waals surface area contributed by atoms with Gasteiger partial charge in [0.1, 0.15) is 5.75 Å². The lowest BCUT2D eigenvalue weighted by molar-refractivity contribution is -0.138. The van der Waals surface area contributed by atoms with Crippen molar-refractivity contribution in [1.29, 1.82) is 0 Å². The molecule has 4 aromatic rings. The Balaban J connectivity index is 1.58. The van der Waals surface area contributed by atoms with Gasteiger partial charge in [-0.05, 0) is 58.4 Å². The Bertz CT molecular complexity index is 1330. The van der Waals surface area contributed by atoms with Gasteiger partial charge in [-0.25, -0.2) is 0 Å². The molecule has 0 aliphatic carbocycles. The maximum Gasteiger partial charge on any atom is 0.287 e. The van der Waals surface area contributed by atoms with Crippen LogP contribution in [0.25, 0.3) is 11.1 Å². The van der Waals surface area contributed by atoms with Crippen LogP contribution in [0.5, 0.6) is 5.75 Å². The topological polar surface area (TPSA) is 55.4 Å². The van der Waals surface area contributed by atoms with Gasteiger partial charge in [-0.3, -0.25) is 9.59 Å². The molecule has 4 rings (SSSR count). The lowest BCUT2D eigenvalue weighted by Gasteiger charge is -2.18. The van der Waals surface area contributed by atoms with Gasteiger partial charge in [0.2, 0.25) is 5.78 Å². The van der Waals surface area contributed by atoms with E-state index in [-0.39, 0.29) is 6.42 Å². The summed E-state index contributed by atoms with van der Waals surface area (Å²) in [6, 6.07) is 38.1. The van der Waals surface area contributed by atoms with E-state index in [0.29, 0.717) is 19.4 Å². The molecule has 0 aliphatic rings. The number of ketones is 1. The largest absolute Gasteiger partial charge is 0.497 e. The number of Topliss-reactive ketones (excluding diaryl/α,β-unsaturated/α-hetero) is 1. The molecular formula is C33H31NO3. The maximum absolute atomic E-state index is 12.6. The average molecular weight is 490 g/mol. The summed E-state index contributed by atoms with van der Waals surface area (Å²) in [5.41, 5.74) is 6.46. The smallest absolute Gasteiger partial charge is 0.287 e. The number of ether oxygens (including phenoxy) is 1. The summed E-state index contributed by atoms with van der Waals surface area (Å²) in [6.45, 7) is 0.343. The zero-order valence-corrected chi connectivity index (χ0v) is 21.0. The Morgan fingerprint density at radius 1 is 0.649 bits per heavy atom. The van der Waals surface area contributed by atoms with E-state index in [2.05, 4.69) is 41.7 Å². The number of carbonyl (C=O) groups is 2. The van der Waals surface area contributed by atoms with Crippen LogP contribution in [-0.4, -0.2) is 18.8 Å². The molecule has 0 saturated heterocycles.